The number of likely N-dealkylation sites (tertiary alicyclic amines) is 1. The number of aromatic nitrogens is 3. The van der Waals surface area contributed by atoms with Crippen LogP contribution in [0.3, 0.4) is 0 Å². The van der Waals surface area contributed by atoms with Gasteiger partial charge in [0.25, 0.3) is 11.5 Å². The Morgan fingerprint density at radius 3 is 2.80 bits per heavy atom. The van der Waals surface area contributed by atoms with Gasteiger partial charge in [-0.05, 0) is 63.6 Å². The van der Waals surface area contributed by atoms with Gasteiger partial charge >= 0.3 is 0 Å². The molecular formula is C19H24N4O2. The lowest BCUT2D eigenvalue weighted by Gasteiger charge is -2.19. The smallest absolute Gasteiger partial charge is 0.261 e. The number of nitrogens with one attached hydrogen (secondary N) is 1. The Bertz CT molecular complexity index is 880. The number of amides is 1. The minimum Gasteiger partial charge on any atom is -0.336 e. The molecule has 0 spiro atoms. The normalized spacial score (nSPS) is 19.9. The lowest BCUT2D eigenvalue weighted by Crippen LogP contribution is -2.34. The topological polar surface area (TPSA) is 71.0 Å². The number of hydrogen-bond acceptors (Lipinski definition) is 3. The molecule has 132 valence electrons. The van der Waals surface area contributed by atoms with Crippen LogP contribution in [0.1, 0.15) is 58.3 Å². The molecule has 1 atom stereocenters. The quantitative estimate of drug-likeness (QED) is 0.911. The summed E-state index contributed by atoms with van der Waals surface area (Å²) in [4.78, 5) is 30.0. The first kappa shape index (κ1) is 16.1. The highest BCUT2D eigenvalue weighted by molar-refractivity contribution is 5.94. The van der Waals surface area contributed by atoms with Crippen LogP contribution in [0.25, 0.3) is 0 Å². The molecule has 0 radical (unpaired) electrons. The first-order chi connectivity index (χ1) is 12.0. The third-order valence-electron chi connectivity index (χ3n) is 5.41. The number of aryl methyl sites for hydroxylation is 4. The third-order valence-corrected chi connectivity index (χ3v) is 5.41. The minimum atomic E-state index is -0.250. The molecule has 1 aliphatic heterocycles. The molecule has 0 saturated carbocycles. The number of carbonyl (C=O) groups excluding carboxylic acids is 1. The van der Waals surface area contributed by atoms with Crippen molar-refractivity contribution in [1.82, 2.24) is 19.7 Å². The van der Waals surface area contributed by atoms with Crippen molar-refractivity contribution in [2.45, 2.75) is 52.0 Å². The molecule has 1 fully saturated rings. The highest BCUT2D eigenvalue weighted by Gasteiger charge is 2.31. The van der Waals surface area contributed by atoms with Gasteiger partial charge in [0.1, 0.15) is 5.56 Å². The van der Waals surface area contributed by atoms with Crippen molar-refractivity contribution >= 4 is 5.91 Å². The fourth-order valence-electron chi connectivity index (χ4n) is 4.15. The van der Waals surface area contributed by atoms with Gasteiger partial charge < -0.3 is 9.88 Å². The Morgan fingerprint density at radius 1 is 1.24 bits per heavy atom. The summed E-state index contributed by atoms with van der Waals surface area (Å²) in [5, 5.41) is 4.54. The van der Waals surface area contributed by atoms with Crippen LogP contribution in [0, 0.1) is 13.8 Å². The Morgan fingerprint density at radius 2 is 2.04 bits per heavy atom. The summed E-state index contributed by atoms with van der Waals surface area (Å²) < 4.78 is 2.01. The van der Waals surface area contributed by atoms with Crippen LogP contribution in [-0.2, 0) is 12.8 Å². The zero-order valence-electron chi connectivity index (χ0n) is 14.8. The van der Waals surface area contributed by atoms with Crippen molar-refractivity contribution in [2.75, 3.05) is 13.1 Å². The first-order valence-electron chi connectivity index (χ1n) is 9.10. The largest absolute Gasteiger partial charge is 0.336 e. The maximum Gasteiger partial charge on any atom is 0.261 e. The van der Waals surface area contributed by atoms with Gasteiger partial charge in [0.2, 0.25) is 0 Å². The number of rotatable bonds is 2. The number of H-pyrrole nitrogens is 1. The van der Waals surface area contributed by atoms with Gasteiger partial charge in [-0.2, -0.15) is 5.10 Å². The molecule has 25 heavy (non-hydrogen) atoms. The van der Waals surface area contributed by atoms with E-state index in [9.17, 15) is 9.59 Å². The van der Waals surface area contributed by atoms with Gasteiger partial charge in [0.15, 0.2) is 0 Å². The van der Waals surface area contributed by atoms with Gasteiger partial charge in [-0.25, -0.2) is 0 Å². The van der Waals surface area contributed by atoms with Crippen LogP contribution in [0.15, 0.2) is 16.9 Å². The molecule has 0 bridgehead atoms. The average Bonchev–Trinajstić information content (AvgIpc) is 3.20. The maximum absolute atomic E-state index is 12.9. The fourth-order valence-corrected chi connectivity index (χ4v) is 4.15. The van der Waals surface area contributed by atoms with Crippen LogP contribution in [0.5, 0.6) is 0 Å². The number of fused-ring (bicyclic) bond motifs is 1. The van der Waals surface area contributed by atoms with E-state index in [-0.39, 0.29) is 23.1 Å². The summed E-state index contributed by atoms with van der Waals surface area (Å²) in [6.45, 7) is 5.29. The van der Waals surface area contributed by atoms with Crippen molar-refractivity contribution in [3.05, 3.63) is 50.7 Å². The summed E-state index contributed by atoms with van der Waals surface area (Å²) in [6.07, 6.45) is 4.95. The summed E-state index contributed by atoms with van der Waals surface area (Å²) in [5.41, 5.74) is 4.28. The molecular weight excluding hydrogens is 316 g/mol. The molecule has 6 nitrogen and oxygen atoms in total. The highest BCUT2D eigenvalue weighted by atomic mass is 16.2. The summed E-state index contributed by atoms with van der Waals surface area (Å²) in [7, 11) is 0. The van der Waals surface area contributed by atoms with E-state index in [4.69, 9.17) is 0 Å². The lowest BCUT2D eigenvalue weighted by atomic mass is 9.95. The molecule has 2 aliphatic rings. The van der Waals surface area contributed by atoms with E-state index < -0.39 is 0 Å². The van der Waals surface area contributed by atoms with E-state index in [2.05, 4.69) is 16.1 Å². The number of nitrogens with zero attached hydrogens (tertiary/aromatic N) is 3. The molecule has 1 aliphatic carbocycles. The number of pyridine rings is 1. The Kier molecular flexibility index (Phi) is 3.98. The van der Waals surface area contributed by atoms with Crippen LogP contribution in [0.2, 0.25) is 0 Å². The Balaban J connectivity index is 1.56. The predicted molar refractivity (Wildman–Crippen MR) is 95.0 cm³/mol. The molecule has 0 aromatic carbocycles. The van der Waals surface area contributed by atoms with Gasteiger partial charge in [0.05, 0.1) is 11.7 Å². The van der Waals surface area contributed by atoms with Gasteiger partial charge in [-0.1, -0.05) is 0 Å². The molecule has 1 N–H and O–H groups in total. The number of aromatic amines is 1. The first-order valence-corrected chi connectivity index (χ1v) is 9.10. The van der Waals surface area contributed by atoms with Crippen molar-refractivity contribution < 1.29 is 4.79 Å². The highest BCUT2D eigenvalue weighted by Crippen LogP contribution is 2.25. The molecule has 1 saturated heterocycles. The van der Waals surface area contributed by atoms with E-state index in [1.54, 1.807) is 4.90 Å². The van der Waals surface area contributed by atoms with Gasteiger partial charge in [0, 0.05) is 24.5 Å². The number of carbonyl (C=O) groups is 1. The second kappa shape index (κ2) is 6.17. The van der Waals surface area contributed by atoms with E-state index in [0.29, 0.717) is 13.1 Å². The molecule has 1 unspecified atom stereocenters. The van der Waals surface area contributed by atoms with Gasteiger partial charge in [-0.3, -0.25) is 14.3 Å². The summed E-state index contributed by atoms with van der Waals surface area (Å²) >= 11 is 0. The van der Waals surface area contributed by atoms with Crippen LogP contribution in [0.4, 0.5) is 0 Å². The monoisotopic (exact) mass is 340 g/mol. The zero-order chi connectivity index (χ0) is 17.6. The standard InChI is InChI=1S/C19H24N4O2/c1-12-9-13(2)23(21-12)15-7-8-22(11-15)19(25)16-10-14-5-3-4-6-17(14)20-18(16)24/h9-10,15H,3-8,11H2,1-2H3,(H,20,24). The lowest BCUT2D eigenvalue weighted by molar-refractivity contribution is 0.0785. The van der Waals surface area contributed by atoms with Crippen molar-refractivity contribution in [3.63, 3.8) is 0 Å². The minimum absolute atomic E-state index is 0.154. The summed E-state index contributed by atoms with van der Waals surface area (Å²) in [5.74, 6) is -0.154. The van der Waals surface area contributed by atoms with E-state index in [1.807, 2.05) is 24.6 Å². The Hall–Kier alpha value is -2.37. The second-order valence-electron chi connectivity index (χ2n) is 7.29. The summed E-state index contributed by atoms with van der Waals surface area (Å²) in [6, 6.07) is 4.07. The zero-order valence-corrected chi connectivity index (χ0v) is 14.8. The molecule has 1 amide bonds. The molecule has 4 rings (SSSR count). The van der Waals surface area contributed by atoms with Crippen LogP contribution in [-0.4, -0.2) is 38.7 Å². The maximum atomic E-state index is 12.9. The SMILES string of the molecule is Cc1cc(C)n(C2CCN(C(=O)c3cc4c([nH]c3=O)CCCC4)C2)n1. The van der Waals surface area contributed by atoms with E-state index in [1.165, 1.54) is 0 Å². The van der Waals surface area contributed by atoms with E-state index >= 15 is 0 Å². The van der Waals surface area contributed by atoms with Crippen molar-refractivity contribution in [2.24, 2.45) is 0 Å². The van der Waals surface area contributed by atoms with Crippen molar-refractivity contribution in [1.29, 1.82) is 0 Å². The molecule has 2 aromatic heterocycles. The fraction of sp³-hybridized carbons (Fsp3) is 0.526. The van der Waals surface area contributed by atoms with E-state index in [0.717, 1.165) is 54.7 Å². The predicted octanol–water partition coefficient (Wildman–Crippen LogP) is 2.15. The third kappa shape index (κ3) is 2.90. The second-order valence-corrected chi connectivity index (χ2v) is 7.29. The van der Waals surface area contributed by atoms with Gasteiger partial charge in [-0.15, -0.1) is 0 Å². The molecule has 3 heterocycles. The molecule has 2 aromatic rings. The van der Waals surface area contributed by atoms with Crippen molar-refractivity contribution in [3.8, 4) is 0 Å². The average molecular weight is 340 g/mol. The Labute approximate surface area is 146 Å². The number of hydrogen-bond donors (Lipinski definition) is 1. The van der Waals surface area contributed by atoms with Crippen LogP contribution < -0.4 is 5.56 Å². The van der Waals surface area contributed by atoms with Crippen LogP contribution >= 0.6 is 0 Å². The molecule has 6 heteroatoms.